The summed E-state index contributed by atoms with van der Waals surface area (Å²) in [5.74, 6) is -0.521. The fraction of sp³-hybridized carbons (Fsp3) is 0.333. The molecule has 2 aromatic carbocycles. The first-order valence-electron chi connectivity index (χ1n) is 12.6. The number of urea groups is 2. The molecule has 1 fully saturated rings. The molecule has 2 aromatic rings. The average molecular weight is 554 g/mol. The Labute approximate surface area is 232 Å². The molecule has 1 aliphatic rings. The van der Waals surface area contributed by atoms with Gasteiger partial charge in [0, 0.05) is 36.6 Å². The minimum atomic E-state index is -0.704. The summed E-state index contributed by atoms with van der Waals surface area (Å²) in [5, 5.41) is 11.1. The molecule has 208 valence electrons. The number of benzene rings is 2. The minimum Gasteiger partial charge on any atom is -0.379 e. The molecular formula is C27H35N7O4S. The molecule has 0 aromatic heterocycles. The fourth-order valence-corrected chi connectivity index (χ4v) is 4.39. The minimum absolute atomic E-state index is 0.0423. The molecule has 6 N–H and O–H groups in total. The summed E-state index contributed by atoms with van der Waals surface area (Å²) >= 11 is 1.06. The second kappa shape index (κ2) is 15.5. The van der Waals surface area contributed by atoms with Gasteiger partial charge in [-0.1, -0.05) is 30.8 Å². The van der Waals surface area contributed by atoms with Gasteiger partial charge in [-0.05, 0) is 61.7 Å². The maximum absolute atomic E-state index is 12.3. The quantitative estimate of drug-likeness (QED) is 0.0896. The maximum Gasteiger partial charge on any atom is 0.323 e. The van der Waals surface area contributed by atoms with Crippen LogP contribution in [0.1, 0.15) is 17.5 Å². The number of nitrogens with one attached hydrogen (secondary N) is 4. The summed E-state index contributed by atoms with van der Waals surface area (Å²) in [5.41, 5.74) is 8.44. The summed E-state index contributed by atoms with van der Waals surface area (Å²) in [6.45, 7) is 10.4. The smallest absolute Gasteiger partial charge is 0.323 e. The molecule has 0 radical (unpaired) electrons. The third-order valence-electron chi connectivity index (χ3n) is 5.85. The van der Waals surface area contributed by atoms with Crippen LogP contribution < -0.4 is 27.0 Å². The van der Waals surface area contributed by atoms with Gasteiger partial charge in [0.2, 0.25) is 5.91 Å². The number of anilines is 2. The van der Waals surface area contributed by atoms with Crippen molar-refractivity contribution in [1.82, 2.24) is 15.5 Å². The van der Waals surface area contributed by atoms with Crippen molar-refractivity contribution < 1.29 is 19.1 Å². The number of rotatable bonds is 12. The number of aryl methyl sites for hydroxylation is 1. The van der Waals surface area contributed by atoms with E-state index in [0.29, 0.717) is 29.2 Å². The van der Waals surface area contributed by atoms with Crippen LogP contribution in [-0.2, 0) is 9.53 Å². The lowest BCUT2D eigenvalue weighted by molar-refractivity contribution is -0.114. The first-order valence-corrected chi connectivity index (χ1v) is 13.5. The summed E-state index contributed by atoms with van der Waals surface area (Å²) in [6.07, 6.45) is 0.847. The van der Waals surface area contributed by atoms with E-state index >= 15 is 0 Å². The van der Waals surface area contributed by atoms with Gasteiger partial charge < -0.3 is 31.7 Å². The second-order valence-corrected chi connectivity index (χ2v) is 9.50. The molecule has 0 atom stereocenters. The maximum atomic E-state index is 12.3. The van der Waals surface area contributed by atoms with E-state index in [4.69, 9.17) is 10.5 Å². The molecule has 39 heavy (non-hydrogen) atoms. The van der Waals surface area contributed by atoms with Gasteiger partial charge in [-0.15, -0.1) is 0 Å². The molecule has 12 heteroatoms. The van der Waals surface area contributed by atoms with Crippen LogP contribution in [0.15, 0.2) is 65.1 Å². The molecule has 0 bridgehead atoms. The SMILES string of the molecule is C=C(C(N)=O)C(=NSCNC(=O)NCCCN1CCOCC1)c1ccc(NC(=O)Nc2ccccc2)cc1C. The van der Waals surface area contributed by atoms with E-state index in [2.05, 4.69) is 37.1 Å². The number of hydrogen-bond acceptors (Lipinski definition) is 7. The number of carbonyl (C=O) groups excluding carboxylic acids is 3. The lowest BCUT2D eigenvalue weighted by atomic mass is 9.98. The highest BCUT2D eigenvalue weighted by atomic mass is 32.2. The topological polar surface area (TPSA) is 150 Å². The number of hydrogen-bond donors (Lipinski definition) is 5. The number of morpholine rings is 1. The van der Waals surface area contributed by atoms with Crippen molar-refractivity contribution in [3.8, 4) is 0 Å². The van der Waals surface area contributed by atoms with Crippen LogP contribution >= 0.6 is 11.9 Å². The summed E-state index contributed by atoms with van der Waals surface area (Å²) < 4.78 is 9.76. The highest BCUT2D eigenvalue weighted by Gasteiger charge is 2.16. The van der Waals surface area contributed by atoms with E-state index in [1.807, 2.05) is 25.1 Å². The Hall–Kier alpha value is -3.87. The van der Waals surface area contributed by atoms with Gasteiger partial charge in [-0.25, -0.2) is 14.0 Å². The normalized spacial score (nSPS) is 13.8. The lowest BCUT2D eigenvalue weighted by Crippen LogP contribution is -2.39. The molecule has 0 unspecified atom stereocenters. The number of primary amides is 1. The summed E-state index contributed by atoms with van der Waals surface area (Å²) in [7, 11) is 0. The van der Waals surface area contributed by atoms with Gasteiger partial charge in [-0.3, -0.25) is 9.69 Å². The Morgan fingerprint density at radius 1 is 1.03 bits per heavy atom. The van der Waals surface area contributed by atoms with Crippen molar-refractivity contribution in [2.45, 2.75) is 13.3 Å². The van der Waals surface area contributed by atoms with Crippen molar-refractivity contribution in [1.29, 1.82) is 0 Å². The molecule has 3 rings (SSSR count). The zero-order valence-corrected chi connectivity index (χ0v) is 22.8. The number of nitrogens with two attached hydrogens (primary N) is 1. The van der Waals surface area contributed by atoms with Gasteiger partial charge in [0.05, 0.1) is 30.4 Å². The monoisotopic (exact) mass is 553 g/mol. The first-order chi connectivity index (χ1) is 18.8. The Kier molecular flexibility index (Phi) is 11.8. The zero-order valence-electron chi connectivity index (χ0n) is 22.0. The molecular weight excluding hydrogens is 518 g/mol. The second-order valence-electron chi connectivity index (χ2n) is 8.77. The van der Waals surface area contributed by atoms with E-state index in [9.17, 15) is 14.4 Å². The molecule has 11 nitrogen and oxygen atoms in total. The molecule has 1 heterocycles. The fourth-order valence-electron chi connectivity index (χ4n) is 3.79. The summed E-state index contributed by atoms with van der Waals surface area (Å²) in [4.78, 5) is 38.6. The Morgan fingerprint density at radius 2 is 1.74 bits per heavy atom. The van der Waals surface area contributed by atoms with Crippen LogP contribution in [0.3, 0.4) is 0 Å². The van der Waals surface area contributed by atoms with Crippen LogP contribution in [0.2, 0.25) is 0 Å². The van der Waals surface area contributed by atoms with Crippen molar-refractivity contribution in [2.75, 3.05) is 55.9 Å². The van der Waals surface area contributed by atoms with Crippen LogP contribution in [-0.4, -0.2) is 73.9 Å². The van der Waals surface area contributed by atoms with Gasteiger partial charge in [0.25, 0.3) is 0 Å². The third-order valence-corrected chi connectivity index (χ3v) is 6.43. The molecule has 0 saturated carbocycles. The highest BCUT2D eigenvalue weighted by molar-refractivity contribution is 7.98. The van der Waals surface area contributed by atoms with Crippen molar-refractivity contribution in [2.24, 2.45) is 10.1 Å². The van der Waals surface area contributed by atoms with E-state index < -0.39 is 5.91 Å². The van der Waals surface area contributed by atoms with Crippen LogP contribution in [0.25, 0.3) is 0 Å². The van der Waals surface area contributed by atoms with E-state index in [1.54, 1.807) is 30.3 Å². The Balaban J connectivity index is 1.51. The third kappa shape index (κ3) is 10.1. The zero-order chi connectivity index (χ0) is 28.0. The molecule has 0 aliphatic carbocycles. The van der Waals surface area contributed by atoms with Gasteiger partial charge in [-0.2, -0.15) is 0 Å². The predicted octanol–water partition coefficient (Wildman–Crippen LogP) is 3.10. The predicted molar refractivity (Wildman–Crippen MR) is 156 cm³/mol. The molecule has 0 spiro atoms. The average Bonchev–Trinajstić information content (AvgIpc) is 2.92. The van der Waals surface area contributed by atoms with E-state index in [-0.39, 0.29) is 23.5 Å². The number of carbonyl (C=O) groups is 3. The van der Waals surface area contributed by atoms with Crippen LogP contribution in [0.5, 0.6) is 0 Å². The molecule has 1 saturated heterocycles. The Bertz CT molecular complexity index is 1180. The number of ether oxygens (including phenoxy) is 1. The largest absolute Gasteiger partial charge is 0.379 e. The van der Waals surface area contributed by atoms with Crippen molar-refractivity contribution in [3.05, 3.63) is 71.8 Å². The van der Waals surface area contributed by atoms with Crippen molar-refractivity contribution >= 4 is 47.0 Å². The highest BCUT2D eigenvalue weighted by Crippen LogP contribution is 2.21. The Morgan fingerprint density at radius 3 is 2.44 bits per heavy atom. The van der Waals surface area contributed by atoms with Crippen LogP contribution in [0.4, 0.5) is 21.0 Å². The van der Waals surface area contributed by atoms with Gasteiger partial charge >= 0.3 is 12.1 Å². The molecule has 5 amide bonds. The number of amides is 5. The van der Waals surface area contributed by atoms with Crippen molar-refractivity contribution in [3.63, 3.8) is 0 Å². The van der Waals surface area contributed by atoms with Gasteiger partial charge in [0.1, 0.15) is 0 Å². The first kappa shape index (κ1) is 29.7. The molecule has 1 aliphatic heterocycles. The number of para-hydroxylation sites is 1. The lowest BCUT2D eigenvalue weighted by Gasteiger charge is -2.26. The standard InChI is InChI=1S/C27H35N7O4S/c1-19-17-22(32-27(37)31-21-7-4-3-5-8-21)9-10-23(19)24(20(2)25(28)35)33-39-18-30-26(36)29-11-6-12-34-13-15-38-16-14-34/h3-5,7-10,17H,2,6,11-16,18H2,1H3,(H2,28,35)(H2,29,30,36)(H2,31,32,37). The van der Waals surface area contributed by atoms with Gasteiger partial charge in [0.15, 0.2) is 0 Å². The number of nitrogens with zero attached hydrogens (tertiary/aromatic N) is 2. The van der Waals surface area contributed by atoms with E-state index in [0.717, 1.165) is 56.8 Å². The van der Waals surface area contributed by atoms with Crippen LogP contribution in [0, 0.1) is 6.92 Å². The summed E-state index contributed by atoms with van der Waals surface area (Å²) in [6, 6.07) is 13.6. The van der Waals surface area contributed by atoms with E-state index in [1.165, 1.54) is 0 Å².